The van der Waals surface area contributed by atoms with E-state index in [1.807, 2.05) is 13.0 Å². The molecule has 3 heterocycles. The van der Waals surface area contributed by atoms with Crippen molar-refractivity contribution in [3.63, 3.8) is 0 Å². The van der Waals surface area contributed by atoms with Gasteiger partial charge in [-0.05, 0) is 61.2 Å². The minimum atomic E-state index is -3.79. The molecule has 11 nitrogen and oxygen atoms in total. The molecule has 13 heteroatoms. The van der Waals surface area contributed by atoms with Gasteiger partial charge in [-0.2, -0.15) is 14.1 Å². The Hall–Kier alpha value is -3.81. The summed E-state index contributed by atoms with van der Waals surface area (Å²) in [5.41, 5.74) is 3.08. The van der Waals surface area contributed by atoms with Crippen LogP contribution < -0.4 is 5.32 Å². The minimum absolute atomic E-state index is 0.00768. The molecule has 2 amide bonds. The lowest BCUT2D eigenvalue weighted by atomic mass is 9.87. The molecule has 5 rings (SSSR count). The molecule has 222 valence electrons. The molecule has 2 aromatic carbocycles. The van der Waals surface area contributed by atoms with Gasteiger partial charge in [-0.1, -0.05) is 38.2 Å². The van der Waals surface area contributed by atoms with Gasteiger partial charge in [0.25, 0.3) is 5.91 Å². The van der Waals surface area contributed by atoms with Gasteiger partial charge in [0.05, 0.1) is 27.4 Å². The van der Waals surface area contributed by atoms with Crippen LogP contribution in [-0.4, -0.2) is 77.2 Å². The SMILES string of the molecule is CCOC(=O)N1CCN(S(=O)(=O)c2ccc(C(=O)Nc3cc(C)nn3-c3nc4ccc(C(C)(C)C)cc4s3)cc2)CC1. The molecular formula is C29H34N6O5S2. The van der Waals surface area contributed by atoms with Gasteiger partial charge in [0.2, 0.25) is 15.2 Å². The highest BCUT2D eigenvalue weighted by atomic mass is 32.2. The number of aromatic nitrogens is 3. The number of piperazine rings is 1. The van der Waals surface area contributed by atoms with Crippen molar-refractivity contribution in [1.82, 2.24) is 24.0 Å². The lowest BCUT2D eigenvalue weighted by Gasteiger charge is -2.33. The summed E-state index contributed by atoms with van der Waals surface area (Å²) >= 11 is 1.49. The van der Waals surface area contributed by atoms with Crippen molar-refractivity contribution in [3.05, 3.63) is 65.4 Å². The Morgan fingerprint density at radius 1 is 1.02 bits per heavy atom. The van der Waals surface area contributed by atoms with Crippen molar-refractivity contribution in [3.8, 4) is 5.13 Å². The highest BCUT2D eigenvalue weighted by molar-refractivity contribution is 7.89. The van der Waals surface area contributed by atoms with E-state index in [9.17, 15) is 18.0 Å². The number of aryl methyl sites for hydroxylation is 1. The number of sulfonamides is 1. The van der Waals surface area contributed by atoms with E-state index in [4.69, 9.17) is 9.72 Å². The molecule has 1 aliphatic rings. The number of hydrogen-bond acceptors (Lipinski definition) is 8. The first-order valence-corrected chi connectivity index (χ1v) is 15.9. The van der Waals surface area contributed by atoms with Gasteiger partial charge < -0.3 is 15.0 Å². The molecule has 1 saturated heterocycles. The summed E-state index contributed by atoms with van der Waals surface area (Å²) in [5, 5.41) is 8.07. The number of rotatable bonds is 6. The number of hydrogen-bond donors (Lipinski definition) is 1. The molecule has 0 radical (unpaired) electrons. The molecule has 2 aromatic heterocycles. The summed E-state index contributed by atoms with van der Waals surface area (Å²) in [6.45, 7) is 11.1. The third-order valence-electron chi connectivity index (χ3n) is 7.02. The van der Waals surface area contributed by atoms with Gasteiger partial charge in [0.1, 0.15) is 5.82 Å². The summed E-state index contributed by atoms with van der Waals surface area (Å²) in [6.07, 6.45) is -0.445. The van der Waals surface area contributed by atoms with Crippen molar-refractivity contribution in [2.45, 2.75) is 44.9 Å². The lowest BCUT2D eigenvalue weighted by molar-refractivity contribution is 0.0933. The van der Waals surface area contributed by atoms with Gasteiger partial charge in [0.15, 0.2) is 0 Å². The molecular weight excluding hydrogens is 576 g/mol. The Bertz CT molecular complexity index is 1730. The molecule has 0 bridgehead atoms. The van der Waals surface area contributed by atoms with Crippen molar-refractivity contribution in [2.24, 2.45) is 0 Å². The molecule has 0 aliphatic carbocycles. The summed E-state index contributed by atoms with van der Waals surface area (Å²) in [5.74, 6) is 0.0584. The maximum Gasteiger partial charge on any atom is 0.409 e. The highest BCUT2D eigenvalue weighted by Gasteiger charge is 2.30. The van der Waals surface area contributed by atoms with E-state index in [1.54, 1.807) is 17.7 Å². The quantitative estimate of drug-likeness (QED) is 0.332. The number of nitrogens with one attached hydrogen (secondary N) is 1. The predicted molar refractivity (Wildman–Crippen MR) is 162 cm³/mol. The Labute approximate surface area is 249 Å². The van der Waals surface area contributed by atoms with E-state index < -0.39 is 22.0 Å². The second kappa shape index (κ2) is 11.5. The summed E-state index contributed by atoms with van der Waals surface area (Å²) in [6, 6.07) is 13.8. The molecule has 4 aromatic rings. The number of thiazole rings is 1. The van der Waals surface area contributed by atoms with Crippen LogP contribution in [0.5, 0.6) is 0 Å². The van der Waals surface area contributed by atoms with E-state index in [1.165, 1.54) is 50.4 Å². The molecule has 0 spiro atoms. The maximum atomic E-state index is 13.2. The maximum absolute atomic E-state index is 13.2. The minimum Gasteiger partial charge on any atom is -0.450 e. The van der Waals surface area contributed by atoms with E-state index >= 15 is 0 Å². The van der Waals surface area contributed by atoms with E-state index in [2.05, 4.69) is 43.3 Å². The number of amides is 2. The van der Waals surface area contributed by atoms with Gasteiger partial charge >= 0.3 is 6.09 Å². The highest BCUT2D eigenvalue weighted by Crippen LogP contribution is 2.32. The number of carbonyl (C=O) groups excluding carboxylic acids is 2. The topological polar surface area (TPSA) is 127 Å². The Morgan fingerprint density at radius 3 is 2.36 bits per heavy atom. The molecule has 1 fully saturated rings. The Balaban J connectivity index is 1.30. The van der Waals surface area contributed by atoms with E-state index in [0.29, 0.717) is 22.2 Å². The number of benzene rings is 2. The van der Waals surface area contributed by atoms with Crippen LogP contribution in [0.2, 0.25) is 0 Å². The average molecular weight is 611 g/mol. The van der Waals surface area contributed by atoms with Crippen LogP contribution in [-0.2, 0) is 20.2 Å². The molecule has 0 atom stereocenters. The van der Waals surface area contributed by atoms with Crippen molar-refractivity contribution >= 4 is 49.4 Å². The van der Waals surface area contributed by atoms with E-state index in [0.717, 1.165) is 10.2 Å². The van der Waals surface area contributed by atoms with Crippen molar-refractivity contribution in [1.29, 1.82) is 0 Å². The third-order valence-corrected chi connectivity index (χ3v) is 9.92. The fourth-order valence-corrected chi connectivity index (χ4v) is 7.04. The van der Waals surface area contributed by atoms with Crippen LogP contribution in [0.4, 0.5) is 10.6 Å². The van der Waals surface area contributed by atoms with Crippen LogP contribution >= 0.6 is 11.3 Å². The fraction of sp³-hybridized carbons (Fsp3) is 0.379. The molecule has 1 aliphatic heterocycles. The molecule has 0 saturated carbocycles. The zero-order chi connectivity index (χ0) is 30.2. The van der Waals surface area contributed by atoms with Crippen molar-refractivity contribution < 1.29 is 22.7 Å². The second-order valence-corrected chi connectivity index (χ2v) is 14.0. The third kappa shape index (κ3) is 6.03. The number of ether oxygens (including phenoxy) is 1. The first-order chi connectivity index (χ1) is 19.9. The summed E-state index contributed by atoms with van der Waals surface area (Å²) in [4.78, 5) is 31.4. The van der Waals surface area contributed by atoms with Gasteiger partial charge in [-0.15, -0.1) is 0 Å². The van der Waals surface area contributed by atoms with Crippen LogP contribution in [0.3, 0.4) is 0 Å². The van der Waals surface area contributed by atoms with Crippen molar-refractivity contribution in [2.75, 3.05) is 38.1 Å². The number of fused-ring (bicyclic) bond motifs is 1. The lowest BCUT2D eigenvalue weighted by Crippen LogP contribution is -2.50. The smallest absolute Gasteiger partial charge is 0.409 e. The summed E-state index contributed by atoms with van der Waals surface area (Å²) < 4.78 is 35.4. The standard InChI is InChI=1S/C29H34N6O5S2/c1-6-40-28(37)33-13-15-34(16-14-33)42(38,39)22-10-7-20(8-11-22)26(36)31-25-17-19(2)32-35(25)27-30-23-12-9-21(29(3,4)5)18-24(23)41-27/h7-12,17-18H,6,13-16H2,1-5H3,(H,31,36). The fourth-order valence-electron chi connectivity index (χ4n) is 4.65. The molecule has 0 unspecified atom stereocenters. The van der Waals surface area contributed by atoms with Crippen LogP contribution in [0, 0.1) is 6.92 Å². The van der Waals surface area contributed by atoms with Crippen LogP contribution in [0.15, 0.2) is 53.4 Å². The van der Waals surface area contributed by atoms with Gasteiger partial charge in [-0.3, -0.25) is 4.79 Å². The average Bonchev–Trinajstić information content (AvgIpc) is 3.55. The first kappa shape index (κ1) is 29.7. The number of anilines is 1. The normalized spacial score (nSPS) is 14.7. The molecule has 1 N–H and O–H groups in total. The first-order valence-electron chi connectivity index (χ1n) is 13.7. The second-order valence-electron chi connectivity index (χ2n) is 11.1. The zero-order valence-corrected chi connectivity index (χ0v) is 25.9. The molecule has 42 heavy (non-hydrogen) atoms. The van der Waals surface area contributed by atoms with Crippen LogP contribution in [0.1, 0.15) is 49.3 Å². The largest absolute Gasteiger partial charge is 0.450 e. The van der Waals surface area contributed by atoms with Crippen LogP contribution in [0.25, 0.3) is 15.3 Å². The monoisotopic (exact) mass is 610 g/mol. The Morgan fingerprint density at radius 2 is 1.71 bits per heavy atom. The predicted octanol–water partition coefficient (Wildman–Crippen LogP) is 4.80. The van der Waals surface area contributed by atoms with E-state index in [-0.39, 0.29) is 43.1 Å². The van der Waals surface area contributed by atoms with Gasteiger partial charge in [0, 0.05) is 37.8 Å². The number of carbonyl (C=O) groups is 2. The summed E-state index contributed by atoms with van der Waals surface area (Å²) in [7, 11) is -3.79. The number of nitrogens with zero attached hydrogens (tertiary/aromatic N) is 5. The Kier molecular flexibility index (Phi) is 8.10. The zero-order valence-electron chi connectivity index (χ0n) is 24.2. The van der Waals surface area contributed by atoms with Gasteiger partial charge in [-0.25, -0.2) is 18.2 Å².